The molecule has 0 aliphatic carbocycles. The fraction of sp³-hybridized carbons (Fsp3) is 0.231. The molecule has 1 aliphatic heterocycles. The molecule has 0 unspecified atom stereocenters. The third-order valence-corrected chi connectivity index (χ3v) is 6.45. The van der Waals surface area contributed by atoms with E-state index in [1.54, 1.807) is 30.3 Å². The van der Waals surface area contributed by atoms with Gasteiger partial charge in [0.25, 0.3) is 5.91 Å². The lowest BCUT2D eigenvalue weighted by atomic mass is 9.91. The SMILES string of the molecule is C[C@@]1(Cc2ccc(F)c(Cl)c2)Cc2cc(C(=O)N(CC(=O)O)Cc3cccc(Br)c3)ccc2O1. The molecule has 176 valence electrons. The number of benzene rings is 3. The molecular weight excluding hydrogens is 525 g/mol. The smallest absolute Gasteiger partial charge is 0.323 e. The summed E-state index contributed by atoms with van der Waals surface area (Å²) < 4.78 is 20.5. The van der Waals surface area contributed by atoms with E-state index in [2.05, 4.69) is 15.9 Å². The highest BCUT2D eigenvalue weighted by atomic mass is 79.9. The maximum absolute atomic E-state index is 13.5. The molecular formula is C26H22BrClFNO4. The first-order chi connectivity index (χ1) is 16.1. The predicted octanol–water partition coefficient (Wildman–Crippen LogP) is 5.90. The fourth-order valence-electron chi connectivity index (χ4n) is 4.24. The van der Waals surface area contributed by atoms with Gasteiger partial charge in [-0.2, -0.15) is 0 Å². The molecule has 0 bridgehead atoms. The monoisotopic (exact) mass is 545 g/mol. The maximum Gasteiger partial charge on any atom is 0.323 e. The Hall–Kier alpha value is -2.90. The molecule has 0 saturated carbocycles. The fourth-order valence-corrected chi connectivity index (χ4v) is 4.89. The van der Waals surface area contributed by atoms with Gasteiger partial charge in [-0.1, -0.05) is 45.7 Å². The van der Waals surface area contributed by atoms with Crippen LogP contribution in [0.1, 0.15) is 34.0 Å². The highest BCUT2D eigenvalue weighted by Gasteiger charge is 2.36. The van der Waals surface area contributed by atoms with Crippen LogP contribution in [-0.2, 0) is 24.2 Å². The van der Waals surface area contributed by atoms with E-state index in [-0.39, 0.29) is 17.5 Å². The Morgan fingerprint density at radius 1 is 1.15 bits per heavy atom. The van der Waals surface area contributed by atoms with Crippen molar-refractivity contribution >= 4 is 39.4 Å². The van der Waals surface area contributed by atoms with Crippen molar-refractivity contribution in [2.24, 2.45) is 0 Å². The Morgan fingerprint density at radius 3 is 2.65 bits per heavy atom. The lowest BCUT2D eigenvalue weighted by Crippen LogP contribution is -2.35. The molecule has 1 amide bonds. The van der Waals surface area contributed by atoms with Gasteiger partial charge in [0.2, 0.25) is 0 Å². The van der Waals surface area contributed by atoms with Crippen molar-refractivity contribution < 1.29 is 23.8 Å². The van der Waals surface area contributed by atoms with Crippen LogP contribution in [0.2, 0.25) is 5.02 Å². The van der Waals surface area contributed by atoms with E-state index in [9.17, 15) is 19.1 Å². The average Bonchev–Trinajstić information content (AvgIpc) is 3.10. The second-order valence-electron chi connectivity index (χ2n) is 8.66. The molecule has 8 heteroatoms. The normalized spacial score (nSPS) is 16.6. The van der Waals surface area contributed by atoms with Crippen molar-refractivity contribution in [3.63, 3.8) is 0 Å². The van der Waals surface area contributed by atoms with Gasteiger partial charge in [0, 0.05) is 29.4 Å². The number of rotatable bonds is 7. The highest BCUT2D eigenvalue weighted by Crippen LogP contribution is 2.38. The highest BCUT2D eigenvalue weighted by molar-refractivity contribution is 9.10. The number of hydrogen-bond acceptors (Lipinski definition) is 3. The summed E-state index contributed by atoms with van der Waals surface area (Å²) >= 11 is 9.32. The van der Waals surface area contributed by atoms with E-state index in [1.807, 2.05) is 31.2 Å². The van der Waals surface area contributed by atoms with Crippen LogP contribution < -0.4 is 4.74 Å². The Labute approximate surface area is 210 Å². The van der Waals surface area contributed by atoms with Crippen LogP contribution in [0.25, 0.3) is 0 Å². The van der Waals surface area contributed by atoms with Crippen molar-refractivity contribution in [1.29, 1.82) is 0 Å². The number of halogens is 3. The van der Waals surface area contributed by atoms with E-state index in [1.165, 1.54) is 11.0 Å². The molecule has 1 atom stereocenters. The summed E-state index contributed by atoms with van der Waals surface area (Å²) in [6.07, 6.45) is 1.06. The molecule has 0 spiro atoms. The number of hydrogen-bond donors (Lipinski definition) is 1. The molecule has 0 saturated heterocycles. The van der Waals surface area contributed by atoms with Crippen LogP contribution in [-0.4, -0.2) is 34.0 Å². The Morgan fingerprint density at radius 2 is 1.94 bits per heavy atom. The number of carboxylic acids is 1. The lowest BCUT2D eigenvalue weighted by molar-refractivity contribution is -0.137. The van der Waals surface area contributed by atoms with Gasteiger partial charge in [-0.15, -0.1) is 0 Å². The van der Waals surface area contributed by atoms with Crippen molar-refractivity contribution in [3.05, 3.63) is 98.2 Å². The number of carbonyl (C=O) groups is 2. The molecule has 1 aliphatic rings. The largest absolute Gasteiger partial charge is 0.487 e. The molecule has 0 fully saturated rings. The van der Waals surface area contributed by atoms with E-state index in [4.69, 9.17) is 16.3 Å². The molecule has 1 heterocycles. The first-order valence-corrected chi connectivity index (χ1v) is 11.8. The molecule has 3 aromatic rings. The van der Waals surface area contributed by atoms with E-state index < -0.39 is 23.9 Å². The molecule has 0 radical (unpaired) electrons. The van der Waals surface area contributed by atoms with Gasteiger partial charge in [-0.3, -0.25) is 9.59 Å². The number of carbonyl (C=O) groups excluding carboxylic acids is 1. The zero-order valence-electron chi connectivity index (χ0n) is 18.4. The zero-order valence-corrected chi connectivity index (χ0v) is 20.7. The average molecular weight is 547 g/mol. The second-order valence-corrected chi connectivity index (χ2v) is 9.98. The lowest BCUT2D eigenvalue weighted by Gasteiger charge is -2.24. The van der Waals surface area contributed by atoms with E-state index >= 15 is 0 Å². The minimum atomic E-state index is -1.08. The number of fused-ring (bicyclic) bond motifs is 1. The van der Waals surface area contributed by atoms with Crippen molar-refractivity contribution in [2.75, 3.05) is 6.54 Å². The summed E-state index contributed by atoms with van der Waals surface area (Å²) in [6, 6.07) is 17.2. The van der Waals surface area contributed by atoms with Crippen LogP contribution >= 0.6 is 27.5 Å². The van der Waals surface area contributed by atoms with Crippen LogP contribution in [0.4, 0.5) is 4.39 Å². The van der Waals surface area contributed by atoms with Crippen molar-refractivity contribution in [3.8, 4) is 5.75 Å². The number of aliphatic carboxylic acids is 1. The van der Waals surface area contributed by atoms with Crippen molar-refractivity contribution in [1.82, 2.24) is 4.90 Å². The first kappa shape index (κ1) is 24.2. The van der Waals surface area contributed by atoms with Gasteiger partial charge in [-0.05, 0) is 66.1 Å². The van der Waals surface area contributed by atoms with Gasteiger partial charge in [-0.25, -0.2) is 4.39 Å². The predicted molar refractivity (Wildman–Crippen MR) is 131 cm³/mol. The number of carboxylic acid groups (broad SMARTS) is 1. The molecule has 4 rings (SSSR count). The number of nitrogens with zero attached hydrogens (tertiary/aromatic N) is 1. The van der Waals surface area contributed by atoms with Gasteiger partial charge in [0.1, 0.15) is 23.7 Å². The quantitative estimate of drug-likeness (QED) is 0.400. The second kappa shape index (κ2) is 9.76. The summed E-state index contributed by atoms with van der Waals surface area (Å²) in [7, 11) is 0. The third kappa shape index (κ3) is 5.59. The summed E-state index contributed by atoms with van der Waals surface area (Å²) in [6.45, 7) is 1.71. The minimum absolute atomic E-state index is 0.0634. The molecule has 34 heavy (non-hydrogen) atoms. The summed E-state index contributed by atoms with van der Waals surface area (Å²) in [5, 5.41) is 9.42. The Bertz CT molecular complexity index is 1270. The van der Waals surface area contributed by atoms with Crippen molar-refractivity contribution in [2.45, 2.75) is 31.9 Å². The summed E-state index contributed by atoms with van der Waals surface area (Å²) in [4.78, 5) is 26.0. The number of ether oxygens (including phenoxy) is 1. The topological polar surface area (TPSA) is 66.8 Å². The summed E-state index contributed by atoms with van der Waals surface area (Å²) in [5.74, 6) is -1.25. The van der Waals surface area contributed by atoms with Gasteiger partial charge in [0.05, 0.1) is 5.02 Å². The van der Waals surface area contributed by atoms with Crippen LogP contribution in [0.3, 0.4) is 0 Å². The zero-order chi connectivity index (χ0) is 24.5. The van der Waals surface area contributed by atoms with Crippen LogP contribution in [0.15, 0.2) is 65.1 Å². The van der Waals surface area contributed by atoms with Gasteiger partial charge in [0.15, 0.2) is 0 Å². The third-order valence-electron chi connectivity index (χ3n) is 5.67. The molecule has 0 aromatic heterocycles. The van der Waals surface area contributed by atoms with Crippen LogP contribution in [0.5, 0.6) is 5.75 Å². The molecule has 3 aromatic carbocycles. The maximum atomic E-state index is 13.5. The molecule has 5 nitrogen and oxygen atoms in total. The van der Waals surface area contributed by atoms with E-state index in [0.717, 1.165) is 21.2 Å². The summed E-state index contributed by atoms with van der Waals surface area (Å²) in [5.41, 5.74) is 2.34. The van der Waals surface area contributed by atoms with E-state index in [0.29, 0.717) is 24.2 Å². The Balaban J connectivity index is 1.53. The Kier molecular flexibility index (Phi) is 6.96. The standard InChI is InChI=1S/C26H22BrClFNO4/c1-26(12-16-5-7-22(29)21(28)10-16)13-19-11-18(6-8-23(19)34-26)25(33)30(15-24(31)32)14-17-3-2-4-20(27)9-17/h2-11H,12-15H2,1H3,(H,31,32)/t26-/m1/s1. The number of amides is 1. The minimum Gasteiger partial charge on any atom is -0.487 e. The molecule has 1 N–H and O–H groups in total. The van der Waals surface area contributed by atoms with Gasteiger partial charge >= 0.3 is 5.97 Å². The van der Waals surface area contributed by atoms with Crippen LogP contribution in [0, 0.1) is 5.82 Å². The first-order valence-electron chi connectivity index (χ1n) is 10.6. The van der Waals surface area contributed by atoms with Gasteiger partial charge < -0.3 is 14.7 Å².